The van der Waals surface area contributed by atoms with Crippen molar-refractivity contribution in [2.75, 3.05) is 13.2 Å². The number of hydrogen-bond donors (Lipinski definition) is 2. The average molecular weight is 277 g/mol. The molecule has 110 valence electrons. The van der Waals surface area contributed by atoms with E-state index in [0.717, 1.165) is 31.4 Å². The molecule has 0 aromatic heterocycles. The number of aryl methyl sites for hydroxylation is 1. The third-order valence-electron chi connectivity index (χ3n) is 3.73. The number of aliphatic hydroxyl groups is 1. The van der Waals surface area contributed by atoms with E-state index in [-0.39, 0.29) is 11.8 Å². The summed E-state index contributed by atoms with van der Waals surface area (Å²) >= 11 is 0. The lowest BCUT2D eigenvalue weighted by Crippen LogP contribution is -2.35. The van der Waals surface area contributed by atoms with Crippen molar-refractivity contribution in [1.29, 1.82) is 0 Å². The van der Waals surface area contributed by atoms with E-state index < -0.39 is 6.10 Å². The lowest BCUT2D eigenvalue weighted by Gasteiger charge is -2.14. The van der Waals surface area contributed by atoms with Gasteiger partial charge in [0, 0.05) is 6.54 Å². The molecule has 20 heavy (non-hydrogen) atoms. The maximum Gasteiger partial charge on any atom is 0.225 e. The van der Waals surface area contributed by atoms with Gasteiger partial charge in [-0.15, -0.1) is 0 Å². The fourth-order valence-electron chi connectivity index (χ4n) is 2.49. The van der Waals surface area contributed by atoms with Crippen molar-refractivity contribution in [3.8, 4) is 5.75 Å². The monoisotopic (exact) mass is 277 g/mol. The number of amides is 1. The molecule has 0 aliphatic heterocycles. The van der Waals surface area contributed by atoms with Gasteiger partial charge in [-0.1, -0.05) is 17.7 Å². The molecule has 1 aliphatic rings. The smallest absolute Gasteiger partial charge is 0.225 e. The maximum absolute atomic E-state index is 11.8. The zero-order valence-electron chi connectivity index (χ0n) is 12.0. The molecule has 1 fully saturated rings. The molecule has 2 rings (SSSR count). The standard InChI is InChI=1S/C16H23NO3/c1-12-6-8-13(9-7-12)20-11-3-10-17-16(19)14-4-2-5-15(14)18/h6-9,14-15,18H,2-5,10-11H2,1H3,(H,17,19). The highest BCUT2D eigenvalue weighted by atomic mass is 16.5. The number of carbonyl (C=O) groups excluding carboxylic acids is 1. The molecule has 4 heteroatoms. The van der Waals surface area contributed by atoms with Crippen LogP contribution in [0.1, 0.15) is 31.2 Å². The molecule has 2 atom stereocenters. The van der Waals surface area contributed by atoms with Crippen LogP contribution in [0.25, 0.3) is 0 Å². The minimum absolute atomic E-state index is 0.0228. The second kappa shape index (κ2) is 7.29. The molecule has 2 unspecified atom stereocenters. The molecular weight excluding hydrogens is 254 g/mol. The van der Waals surface area contributed by atoms with Crippen molar-refractivity contribution in [3.63, 3.8) is 0 Å². The van der Waals surface area contributed by atoms with E-state index >= 15 is 0 Å². The lowest BCUT2D eigenvalue weighted by atomic mass is 10.1. The van der Waals surface area contributed by atoms with Gasteiger partial charge in [0.15, 0.2) is 0 Å². The van der Waals surface area contributed by atoms with Crippen molar-refractivity contribution in [1.82, 2.24) is 5.32 Å². The summed E-state index contributed by atoms with van der Waals surface area (Å²) in [4.78, 5) is 11.8. The van der Waals surface area contributed by atoms with Crippen LogP contribution in [0, 0.1) is 12.8 Å². The first-order chi connectivity index (χ1) is 9.66. The van der Waals surface area contributed by atoms with Crippen LogP contribution >= 0.6 is 0 Å². The molecule has 0 heterocycles. The summed E-state index contributed by atoms with van der Waals surface area (Å²) in [7, 11) is 0. The van der Waals surface area contributed by atoms with Crippen LogP contribution in [0.5, 0.6) is 5.75 Å². The van der Waals surface area contributed by atoms with E-state index in [0.29, 0.717) is 13.2 Å². The van der Waals surface area contributed by atoms with Gasteiger partial charge in [-0.05, 0) is 44.7 Å². The molecule has 0 saturated heterocycles. The summed E-state index contributed by atoms with van der Waals surface area (Å²) in [6.07, 6.45) is 2.79. The maximum atomic E-state index is 11.8. The largest absolute Gasteiger partial charge is 0.494 e. The summed E-state index contributed by atoms with van der Waals surface area (Å²) in [6.45, 7) is 3.21. The minimum Gasteiger partial charge on any atom is -0.494 e. The average Bonchev–Trinajstić information content (AvgIpc) is 2.86. The van der Waals surface area contributed by atoms with Crippen molar-refractivity contribution in [2.45, 2.75) is 38.7 Å². The predicted molar refractivity (Wildman–Crippen MR) is 77.6 cm³/mol. The van der Waals surface area contributed by atoms with Crippen LogP contribution in [0.4, 0.5) is 0 Å². The van der Waals surface area contributed by atoms with Crippen LogP contribution in [-0.2, 0) is 4.79 Å². The zero-order chi connectivity index (χ0) is 14.4. The first kappa shape index (κ1) is 14.9. The SMILES string of the molecule is Cc1ccc(OCCCNC(=O)C2CCCC2O)cc1. The van der Waals surface area contributed by atoms with Gasteiger partial charge in [-0.25, -0.2) is 0 Å². The Hall–Kier alpha value is -1.55. The van der Waals surface area contributed by atoms with Gasteiger partial charge >= 0.3 is 0 Å². The predicted octanol–water partition coefficient (Wildman–Crippen LogP) is 2.04. The molecule has 1 aromatic carbocycles. The quantitative estimate of drug-likeness (QED) is 0.782. The highest BCUT2D eigenvalue weighted by Crippen LogP contribution is 2.25. The summed E-state index contributed by atoms with van der Waals surface area (Å²) < 4.78 is 5.59. The Morgan fingerprint density at radius 3 is 2.75 bits per heavy atom. The van der Waals surface area contributed by atoms with Gasteiger partial charge in [0.25, 0.3) is 0 Å². The van der Waals surface area contributed by atoms with E-state index in [4.69, 9.17) is 4.74 Å². The van der Waals surface area contributed by atoms with E-state index in [2.05, 4.69) is 5.32 Å². The van der Waals surface area contributed by atoms with Crippen molar-refractivity contribution in [3.05, 3.63) is 29.8 Å². The molecule has 1 saturated carbocycles. The molecule has 1 aliphatic carbocycles. The number of hydrogen-bond acceptors (Lipinski definition) is 3. The Bertz CT molecular complexity index is 430. The van der Waals surface area contributed by atoms with E-state index in [1.54, 1.807) is 0 Å². The number of carbonyl (C=O) groups is 1. The molecular formula is C16H23NO3. The Balaban J connectivity index is 1.59. The molecule has 0 bridgehead atoms. The second-order valence-electron chi connectivity index (χ2n) is 5.41. The molecule has 2 N–H and O–H groups in total. The van der Waals surface area contributed by atoms with Crippen LogP contribution < -0.4 is 10.1 Å². The highest BCUT2D eigenvalue weighted by Gasteiger charge is 2.30. The first-order valence-corrected chi connectivity index (χ1v) is 7.32. The van der Waals surface area contributed by atoms with Crippen molar-refractivity contribution in [2.24, 2.45) is 5.92 Å². The summed E-state index contributed by atoms with van der Waals surface area (Å²) in [5.41, 5.74) is 1.21. The summed E-state index contributed by atoms with van der Waals surface area (Å²) in [6, 6.07) is 7.92. The van der Waals surface area contributed by atoms with Gasteiger partial charge in [0.1, 0.15) is 5.75 Å². The third kappa shape index (κ3) is 4.23. The molecule has 0 spiro atoms. The topological polar surface area (TPSA) is 58.6 Å². The van der Waals surface area contributed by atoms with Gasteiger partial charge in [0.05, 0.1) is 18.6 Å². The van der Waals surface area contributed by atoms with Crippen LogP contribution in [0.15, 0.2) is 24.3 Å². The summed E-state index contributed by atoms with van der Waals surface area (Å²) in [5, 5.41) is 12.5. The van der Waals surface area contributed by atoms with Crippen LogP contribution in [0.2, 0.25) is 0 Å². The number of nitrogens with one attached hydrogen (secondary N) is 1. The first-order valence-electron chi connectivity index (χ1n) is 7.32. The van der Waals surface area contributed by atoms with Gasteiger partial charge in [-0.3, -0.25) is 4.79 Å². The Kier molecular flexibility index (Phi) is 5.41. The Morgan fingerprint density at radius 2 is 2.10 bits per heavy atom. The molecule has 1 aromatic rings. The molecule has 0 radical (unpaired) electrons. The Morgan fingerprint density at radius 1 is 1.35 bits per heavy atom. The zero-order valence-corrected chi connectivity index (χ0v) is 12.0. The summed E-state index contributed by atoms with van der Waals surface area (Å²) in [5.74, 6) is 0.617. The van der Waals surface area contributed by atoms with Crippen molar-refractivity contribution >= 4 is 5.91 Å². The number of benzene rings is 1. The van der Waals surface area contributed by atoms with Gasteiger partial charge < -0.3 is 15.2 Å². The fraction of sp³-hybridized carbons (Fsp3) is 0.562. The fourth-order valence-corrected chi connectivity index (χ4v) is 2.49. The molecule has 1 amide bonds. The van der Waals surface area contributed by atoms with Crippen LogP contribution in [-0.4, -0.2) is 30.3 Å². The third-order valence-corrected chi connectivity index (χ3v) is 3.73. The van der Waals surface area contributed by atoms with Crippen molar-refractivity contribution < 1.29 is 14.6 Å². The van der Waals surface area contributed by atoms with E-state index in [1.165, 1.54) is 5.56 Å². The lowest BCUT2D eigenvalue weighted by molar-refractivity contribution is -0.127. The van der Waals surface area contributed by atoms with Gasteiger partial charge in [0.2, 0.25) is 5.91 Å². The minimum atomic E-state index is -0.459. The normalized spacial score (nSPS) is 21.7. The highest BCUT2D eigenvalue weighted by molar-refractivity contribution is 5.79. The van der Waals surface area contributed by atoms with E-state index in [9.17, 15) is 9.90 Å². The number of rotatable bonds is 6. The van der Waals surface area contributed by atoms with Crippen LogP contribution in [0.3, 0.4) is 0 Å². The van der Waals surface area contributed by atoms with Gasteiger partial charge in [-0.2, -0.15) is 0 Å². The molecule has 4 nitrogen and oxygen atoms in total. The van der Waals surface area contributed by atoms with E-state index in [1.807, 2.05) is 31.2 Å². The number of ether oxygens (including phenoxy) is 1. The number of aliphatic hydroxyl groups excluding tert-OH is 1. The second-order valence-corrected chi connectivity index (χ2v) is 5.41. The Labute approximate surface area is 120 Å².